The molecule has 0 aliphatic heterocycles. The molecule has 114 valence electrons. The number of benzene rings is 1. The third-order valence-corrected chi connectivity index (χ3v) is 4.68. The van der Waals surface area contributed by atoms with Crippen molar-refractivity contribution in [1.82, 2.24) is 0 Å². The lowest BCUT2D eigenvalue weighted by molar-refractivity contribution is 0.419. The van der Waals surface area contributed by atoms with Crippen LogP contribution in [0.2, 0.25) is 5.02 Å². The van der Waals surface area contributed by atoms with Crippen molar-refractivity contribution in [1.29, 1.82) is 0 Å². The van der Waals surface area contributed by atoms with Crippen molar-refractivity contribution in [3.63, 3.8) is 0 Å². The second-order valence-electron chi connectivity index (χ2n) is 5.88. The monoisotopic (exact) mass is 298 g/mol. The molecule has 2 N–H and O–H groups in total. The fraction of sp³-hybridized carbons (Fsp3) is 0.647. The zero-order chi connectivity index (χ0) is 15.3. The van der Waals surface area contributed by atoms with E-state index in [0.29, 0.717) is 22.9 Å². The first kappa shape index (κ1) is 17.2. The summed E-state index contributed by atoms with van der Waals surface area (Å²) in [5, 5.41) is 20.7. The summed E-state index contributed by atoms with van der Waals surface area (Å²) in [6, 6.07) is 0. The highest BCUT2D eigenvalue weighted by atomic mass is 35.5. The average Bonchev–Trinajstić information content (AvgIpc) is 2.43. The summed E-state index contributed by atoms with van der Waals surface area (Å²) in [6.07, 6.45) is 6.60. The van der Waals surface area contributed by atoms with E-state index in [4.69, 9.17) is 11.6 Å². The van der Waals surface area contributed by atoms with Crippen LogP contribution in [0.15, 0.2) is 0 Å². The molecule has 2 nitrogen and oxygen atoms in total. The van der Waals surface area contributed by atoms with E-state index in [1.807, 2.05) is 13.8 Å². The molecule has 0 saturated carbocycles. The fourth-order valence-corrected chi connectivity index (χ4v) is 2.76. The van der Waals surface area contributed by atoms with Gasteiger partial charge in [-0.1, -0.05) is 51.1 Å². The third-order valence-electron chi connectivity index (χ3n) is 4.21. The number of phenols is 2. The Morgan fingerprint density at radius 2 is 1.65 bits per heavy atom. The quantitative estimate of drug-likeness (QED) is 0.651. The summed E-state index contributed by atoms with van der Waals surface area (Å²) in [4.78, 5) is 0. The predicted molar refractivity (Wildman–Crippen MR) is 85.9 cm³/mol. The molecule has 1 aromatic rings. The Hall–Kier alpha value is -0.890. The lowest BCUT2D eigenvalue weighted by atomic mass is 9.93. The van der Waals surface area contributed by atoms with Crippen LogP contribution in [0.5, 0.6) is 11.5 Å². The summed E-state index contributed by atoms with van der Waals surface area (Å²) >= 11 is 6.12. The molecule has 3 heteroatoms. The summed E-state index contributed by atoms with van der Waals surface area (Å²) in [5.41, 5.74) is 2.11. The highest BCUT2D eigenvalue weighted by molar-refractivity contribution is 6.33. The van der Waals surface area contributed by atoms with Gasteiger partial charge in [0.05, 0.1) is 5.02 Å². The normalized spacial score (nSPS) is 12.7. The summed E-state index contributed by atoms with van der Waals surface area (Å²) in [7, 11) is 0. The summed E-state index contributed by atoms with van der Waals surface area (Å²) in [6.45, 7) is 8.09. The Morgan fingerprint density at radius 3 is 2.25 bits per heavy atom. The molecule has 0 aliphatic carbocycles. The second kappa shape index (κ2) is 7.78. The van der Waals surface area contributed by atoms with E-state index in [2.05, 4.69) is 13.8 Å². The van der Waals surface area contributed by atoms with Crippen molar-refractivity contribution in [2.24, 2.45) is 5.92 Å². The van der Waals surface area contributed by atoms with Crippen LogP contribution in [0.3, 0.4) is 0 Å². The van der Waals surface area contributed by atoms with Gasteiger partial charge in [0.25, 0.3) is 0 Å². The third kappa shape index (κ3) is 4.05. The molecule has 0 heterocycles. The van der Waals surface area contributed by atoms with Gasteiger partial charge in [-0.3, -0.25) is 0 Å². The van der Waals surface area contributed by atoms with Crippen molar-refractivity contribution in [3.05, 3.63) is 21.7 Å². The maximum atomic E-state index is 10.2. The van der Waals surface area contributed by atoms with Crippen LogP contribution in [0.4, 0.5) is 0 Å². The van der Waals surface area contributed by atoms with Crippen LogP contribution in [0.25, 0.3) is 0 Å². The first-order valence-corrected chi connectivity index (χ1v) is 7.97. The minimum absolute atomic E-state index is 0.0491. The van der Waals surface area contributed by atoms with Gasteiger partial charge in [-0.15, -0.1) is 0 Å². The molecule has 1 aromatic carbocycles. The lowest BCUT2D eigenvalue weighted by Crippen LogP contribution is -2.00. The van der Waals surface area contributed by atoms with Crippen LogP contribution in [0, 0.1) is 19.8 Å². The van der Waals surface area contributed by atoms with Gasteiger partial charge in [0, 0.05) is 5.56 Å². The molecule has 0 radical (unpaired) electrons. The molecular formula is C17H27ClO2. The molecule has 0 fully saturated rings. The molecule has 0 amide bonds. The molecule has 0 saturated heterocycles. The second-order valence-corrected chi connectivity index (χ2v) is 6.26. The van der Waals surface area contributed by atoms with Gasteiger partial charge in [-0.05, 0) is 43.7 Å². The van der Waals surface area contributed by atoms with Gasteiger partial charge in [-0.2, -0.15) is 0 Å². The van der Waals surface area contributed by atoms with Gasteiger partial charge in [0.1, 0.15) is 11.5 Å². The summed E-state index contributed by atoms with van der Waals surface area (Å²) < 4.78 is 0. The minimum Gasteiger partial charge on any atom is -0.507 e. The number of halogens is 1. The van der Waals surface area contributed by atoms with Crippen molar-refractivity contribution in [2.45, 2.75) is 66.2 Å². The molecule has 1 unspecified atom stereocenters. The first-order valence-electron chi connectivity index (χ1n) is 7.59. The van der Waals surface area contributed by atoms with Gasteiger partial charge in [0.15, 0.2) is 0 Å². The first-order chi connectivity index (χ1) is 9.40. The largest absolute Gasteiger partial charge is 0.507 e. The molecule has 0 bridgehead atoms. The van der Waals surface area contributed by atoms with E-state index in [0.717, 1.165) is 17.5 Å². The predicted octanol–water partition coefficient (Wildman–Crippen LogP) is 5.52. The SMILES string of the molecule is CCCCCC(C)CCc1c(O)c(C)c(C)c(Cl)c1O. The van der Waals surface area contributed by atoms with Crippen molar-refractivity contribution >= 4 is 11.6 Å². The Balaban J connectivity index is 2.73. The maximum absolute atomic E-state index is 10.2. The number of hydrogen-bond donors (Lipinski definition) is 2. The fourth-order valence-electron chi connectivity index (χ4n) is 2.51. The van der Waals surface area contributed by atoms with Gasteiger partial charge in [-0.25, -0.2) is 0 Å². The van der Waals surface area contributed by atoms with E-state index in [9.17, 15) is 10.2 Å². The van der Waals surface area contributed by atoms with E-state index in [1.165, 1.54) is 25.7 Å². The van der Waals surface area contributed by atoms with Crippen LogP contribution >= 0.6 is 11.6 Å². The topological polar surface area (TPSA) is 40.5 Å². The molecule has 20 heavy (non-hydrogen) atoms. The summed E-state index contributed by atoms with van der Waals surface area (Å²) in [5.74, 6) is 0.846. The molecular weight excluding hydrogens is 272 g/mol. The van der Waals surface area contributed by atoms with Crippen molar-refractivity contribution in [3.8, 4) is 11.5 Å². The molecule has 0 aromatic heterocycles. The lowest BCUT2D eigenvalue weighted by Gasteiger charge is -2.16. The zero-order valence-corrected chi connectivity index (χ0v) is 13.8. The Labute approximate surface area is 127 Å². The Kier molecular flexibility index (Phi) is 6.67. The van der Waals surface area contributed by atoms with Crippen LogP contribution in [0.1, 0.15) is 62.6 Å². The molecule has 1 atom stereocenters. The highest BCUT2D eigenvalue weighted by Crippen LogP contribution is 2.41. The van der Waals surface area contributed by atoms with Crippen molar-refractivity contribution in [2.75, 3.05) is 0 Å². The van der Waals surface area contributed by atoms with E-state index in [-0.39, 0.29) is 11.5 Å². The Bertz CT molecular complexity index is 426. The minimum atomic E-state index is 0.0491. The highest BCUT2D eigenvalue weighted by Gasteiger charge is 2.18. The number of hydrogen-bond acceptors (Lipinski definition) is 2. The van der Waals surface area contributed by atoms with Gasteiger partial charge in [0.2, 0.25) is 0 Å². The Morgan fingerprint density at radius 1 is 1.00 bits per heavy atom. The van der Waals surface area contributed by atoms with Crippen LogP contribution in [-0.2, 0) is 6.42 Å². The number of aromatic hydroxyl groups is 2. The van der Waals surface area contributed by atoms with Crippen LogP contribution in [-0.4, -0.2) is 10.2 Å². The van der Waals surface area contributed by atoms with Gasteiger partial charge < -0.3 is 10.2 Å². The molecule has 0 aliphatic rings. The van der Waals surface area contributed by atoms with Gasteiger partial charge >= 0.3 is 0 Å². The van der Waals surface area contributed by atoms with E-state index in [1.54, 1.807) is 0 Å². The number of unbranched alkanes of at least 4 members (excludes halogenated alkanes) is 2. The van der Waals surface area contributed by atoms with E-state index >= 15 is 0 Å². The molecule has 1 rings (SSSR count). The number of rotatable bonds is 7. The maximum Gasteiger partial charge on any atom is 0.141 e. The molecule has 0 spiro atoms. The van der Waals surface area contributed by atoms with Crippen molar-refractivity contribution < 1.29 is 10.2 Å². The zero-order valence-electron chi connectivity index (χ0n) is 13.1. The van der Waals surface area contributed by atoms with E-state index < -0.39 is 0 Å². The van der Waals surface area contributed by atoms with Crippen LogP contribution < -0.4 is 0 Å². The smallest absolute Gasteiger partial charge is 0.141 e. The average molecular weight is 299 g/mol. The number of phenolic OH excluding ortho intramolecular Hbond substituents is 2. The standard InChI is InChI=1S/C17H27ClO2/c1-5-6-7-8-11(2)9-10-14-16(19)13(4)12(3)15(18)17(14)20/h11,19-20H,5-10H2,1-4H3.